The summed E-state index contributed by atoms with van der Waals surface area (Å²) >= 11 is 0. The number of nitrogens with one attached hydrogen (secondary N) is 2. The molecule has 1 aliphatic rings. The number of pyridine rings is 1. The van der Waals surface area contributed by atoms with Crippen molar-refractivity contribution in [1.29, 1.82) is 0 Å². The number of likely N-dealkylation sites (tertiary alicyclic amines) is 1. The molecule has 1 aromatic carbocycles. The second kappa shape index (κ2) is 8.25. The number of hydrogen-bond donors (Lipinski definition) is 2. The van der Waals surface area contributed by atoms with Gasteiger partial charge in [-0.05, 0) is 61.6 Å². The van der Waals surface area contributed by atoms with Gasteiger partial charge in [0.25, 0.3) is 5.91 Å². The van der Waals surface area contributed by atoms with Gasteiger partial charge < -0.3 is 10.2 Å². The predicted octanol–water partition coefficient (Wildman–Crippen LogP) is 4.09. The predicted molar refractivity (Wildman–Crippen MR) is 109 cm³/mol. The van der Waals surface area contributed by atoms with Crippen molar-refractivity contribution < 1.29 is 4.79 Å². The molecule has 0 spiro atoms. The molecule has 0 aliphatic carbocycles. The number of nitrogens with zero attached hydrogens (tertiary/aromatic N) is 3. The number of benzene rings is 1. The molecule has 2 aromatic heterocycles. The van der Waals surface area contributed by atoms with Crippen LogP contribution in [0.4, 0.5) is 5.69 Å². The highest BCUT2D eigenvalue weighted by atomic mass is 16.2. The first kappa shape index (κ1) is 18.2. The van der Waals surface area contributed by atoms with Gasteiger partial charge in [0.05, 0.1) is 11.7 Å². The minimum Gasteiger partial charge on any atom is -0.381 e. The third-order valence-electron chi connectivity index (χ3n) is 5.34. The van der Waals surface area contributed by atoms with Gasteiger partial charge in [-0.25, -0.2) is 0 Å². The zero-order valence-electron chi connectivity index (χ0n) is 16.1. The van der Waals surface area contributed by atoms with Crippen molar-refractivity contribution in [3.8, 4) is 0 Å². The minimum absolute atomic E-state index is 0.0665. The number of anilines is 1. The zero-order valence-corrected chi connectivity index (χ0v) is 16.1. The van der Waals surface area contributed by atoms with Crippen LogP contribution in [0, 0.1) is 6.92 Å². The summed E-state index contributed by atoms with van der Waals surface area (Å²) in [7, 11) is 0. The smallest absolute Gasteiger partial charge is 0.254 e. The van der Waals surface area contributed by atoms with Crippen molar-refractivity contribution in [3.05, 3.63) is 77.4 Å². The lowest BCUT2D eigenvalue weighted by atomic mass is 9.98. The van der Waals surface area contributed by atoms with Gasteiger partial charge in [0, 0.05) is 42.9 Å². The minimum atomic E-state index is 0.0665. The Morgan fingerprint density at radius 2 is 2.18 bits per heavy atom. The Balaban J connectivity index is 1.53. The summed E-state index contributed by atoms with van der Waals surface area (Å²) < 4.78 is 0. The van der Waals surface area contributed by atoms with Crippen molar-refractivity contribution in [3.63, 3.8) is 0 Å². The van der Waals surface area contributed by atoms with Gasteiger partial charge in [0.2, 0.25) is 0 Å². The molecule has 3 aromatic rings. The number of amides is 1. The Hall–Kier alpha value is -3.15. The highest BCUT2D eigenvalue weighted by Crippen LogP contribution is 2.31. The second-order valence-corrected chi connectivity index (χ2v) is 7.27. The van der Waals surface area contributed by atoms with Crippen molar-refractivity contribution in [1.82, 2.24) is 20.1 Å². The quantitative estimate of drug-likeness (QED) is 0.704. The van der Waals surface area contributed by atoms with Crippen LogP contribution in [-0.4, -0.2) is 32.5 Å². The Kier molecular flexibility index (Phi) is 5.37. The molecule has 6 nitrogen and oxygen atoms in total. The van der Waals surface area contributed by atoms with Gasteiger partial charge in [-0.3, -0.25) is 14.9 Å². The number of rotatable bonds is 5. The molecule has 1 amide bonds. The van der Waals surface area contributed by atoms with Crippen LogP contribution in [0.5, 0.6) is 0 Å². The Bertz CT molecular complexity index is 923. The van der Waals surface area contributed by atoms with E-state index in [1.807, 2.05) is 54.4 Å². The number of piperidine rings is 1. The van der Waals surface area contributed by atoms with Crippen LogP contribution in [0.25, 0.3) is 0 Å². The van der Waals surface area contributed by atoms with Crippen molar-refractivity contribution in [2.45, 2.75) is 38.8 Å². The molecular formula is C22H25N5O. The average Bonchev–Trinajstić information content (AvgIpc) is 3.28. The third kappa shape index (κ3) is 3.91. The fraction of sp³-hybridized carbons (Fsp3) is 0.318. The van der Waals surface area contributed by atoms with Gasteiger partial charge in [-0.15, -0.1) is 0 Å². The topological polar surface area (TPSA) is 73.9 Å². The van der Waals surface area contributed by atoms with E-state index in [1.54, 1.807) is 12.4 Å². The number of aromatic nitrogens is 3. The number of carbonyl (C=O) groups excluding carboxylic acids is 1. The van der Waals surface area contributed by atoms with Crippen molar-refractivity contribution >= 4 is 11.6 Å². The summed E-state index contributed by atoms with van der Waals surface area (Å²) in [6.07, 6.45) is 8.49. The highest BCUT2D eigenvalue weighted by molar-refractivity contribution is 5.95. The van der Waals surface area contributed by atoms with Gasteiger partial charge in [0.15, 0.2) is 0 Å². The SMILES string of the molecule is Cc1ccc(C(=O)N2CCCC[C@@H]2c2ccn[nH]2)cc1NCc1cccnc1. The second-order valence-electron chi connectivity index (χ2n) is 7.27. The molecule has 0 saturated carbocycles. The monoisotopic (exact) mass is 375 g/mol. The zero-order chi connectivity index (χ0) is 19.3. The lowest BCUT2D eigenvalue weighted by molar-refractivity contribution is 0.0606. The van der Waals surface area contributed by atoms with E-state index in [9.17, 15) is 4.79 Å². The molecular weight excluding hydrogens is 350 g/mol. The van der Waals surface area contributed by atoms with Gasteiger partial charge in [-0.2, -0.15) is 5.10 Å². The van der Waals surface area contributed by atoms with Gasteiger partial charge in [0.1, 0.15) is 0 Å². The highest BCUT2D eigenvalue weighted by Gasteiger charge is 2.29. The van der Waals surface area contributed by atoms with E-state index >= 15 is 0 Å². The summed E-state index contributed by atoms with van der Waals surface area (Å²) in [5.74, 6) is 0.0729. The maximum Gasteiger partial charge on any atom is 0.254 e. The Morgan fingerprint density at radius 1 is 1.25 bits per heavy atom. The van der Waals surface area contributed by atoms with E-state index in [4.69, 9.17) is 0 Å². The summed E-state index contributed by atoms with van der Waals surface area (Å²) in [6.45, 7) is 3.50. The maximum absolute atomic E-state index is 13.3. The molecule has 4 rings (SSSR count). The average molecular weight is 375 g/mol. The van der Waals surface area contributed by atoms with Crippen LogP contribution < -0.4 is 5.32 Å². The van der Waals surface area contributed by atoms with Crippen LogP contribution >= 0.6 is 0 Å². The summed E-state index contributed by atoms with van der Waals surface area (Å²) in [6, 6.07) is 11.9. The molecule has 0 bridgehead atoms. The molecule has 2 N–H and O–H groups in total. The molecule has 1 atom stereocenters. The van der Waals surface area contributed by atoms with Gasteiger partial charge >= 0.3 is 0 Å². The van der Waals surface area contributed by atoms with E-state index in [1.165, 1.54) is 0 Å². The third-order valence-corrected chi connectivity index (χ3v) is 5.34. The number of hydrogen-bond acceptors (Lipinski definition) is 4. The van der Waals surface area contributed by atoms with Crippen molar-refractivity contribution in [2.75, 3.05) is 11.9 Å². The van der Waals surface area contributed by atoms with E-state index in [0.717, 1.165) is 48.3 Å². The van der Waals surface area contributed by atoms with Crippen LogP contribution in [0.15, 0.2) is 55.0 Å². The fourth-order valence-electron chi connectivity index (χ4n) is 3.76. The molecule has 0 radical (unpaired) electrons. The van der Waals surface area contributed by atoms with E-state index in [-0.39, 0.29) is 11.9 Å². The van der Waals surface area contributed by atoms with Crippen LogP contribution in [-0.2, 0) is 6.54 Å². The molecule has 6 heteroatoms. The summed E-state index contributed by atoms with van der Waals surface area (Å²) in [5, 5.41) is 10.5. The lowest BCUT2D eigenvalue weighted by Crippen LogP contribution is -2.38. The number of carbonyl (C=O) groups is 1. The Morgan fingerprint density at radius 3 is 2.96 bits per heavy atom. The Labute approximate surface area is 165 Å². The molecule has 144 valence electrons. The molecule has 1 saturated heterocycles. The van der Waals surface area contributed by atoms with E-state index < -0.39 is 0 Å². The summed E-state index contributed by atoms with van der Waals surface area (Å²) in [4.78, 5) is 19.4. The molecule has 0 unspecified atom stereocenters. The first-order chi connectivity index (χ1) is 13.7. The fourth-order valence-corrected chi connectivity index (χ4v) is 3.76. The van der Waals surface area contributed by atoms with E-state index in [2.05, 4.69) is 20.5 Å². The van der Waals surface area contributed by atoms with E-state index in [0.29, 0.717) is 12.1 Å². The lowest BCUT2D eigenvalue weighted by Gasteiger charge is -2.35. The van der Waals surface area contributed by atoms with Crippen molar-refractivity contribution in [2.24, 2.45) is 0 Å². The summed E-state index contributed by atoms with van der Waals surface area (Å²) in [5.41, 5.74) is 4.92. The first-order valence-corrected chi connectivity index (χ1v) is 9.76. The normalized spacial score (nSPS) is 16.8. The number of aromatic amines is 1. The van der Waals surface area contributed by atoms with Gasteiger partial charge in [-0.1, -0.05) is 12.1 Å². The maximum atomic E-state index is 13.3. The number of aryl methyl sites for hydroxylation is 1. The van der Waals surface area contributed by atoms with Crippen LogP contribution in [0.3, 0.4) is 0 Å². The standard InChI is InChI=1S/C22H25N5O/c1-16-7-8-18(13-20(16)24-15-17-5-4-10-23-14-17)22(28)27-12-3-2-6-21(27)19-9-11-25-26-19/h4-5,7-11,13-14,21,24H,2-3,6,12,15H2,1H3,(H,25,26)/t21-/m1/s1. The first-order valence-electron chi connectivity index (χ1n) is 9.76. The largest absolute Gasteiger partial charge is 0.381 e. The van der Waals surface area contributed by atoms with Crippen LogP contribution in [0.1, 0.15) is 52.5 Å². The molecule has 28 heavy (non-hydrogen) atoms. The molecule has 1 aliphatic heterocycles. The van der Waals surface area contributed by atoms with Crippen LogP contribution in [0.2, 0.25) is 0 Å². The molecule has 1 fully saturated rings. The number of H-pyrrole nitrogens is 1. The molecule has 3 heterocycles.